The molecule has 3 aromatic rings. The Morgan fingerprint density at radius 1 is 0.852 bits per heavy atom. The van der Waals surface area contributed by atoms with E-state index >= 15 is 0 Å². The highest BCUT2D eigenvalue weighted by Gasteiger charge is 2.13. The summed E-state index contributed by atoms with van der Waals surface area (Å²) in [6, 6.07) is 25.3. The minimum atomic E-state index is 0.565. The summed E-state index contributed by atoms with van der Waals surface area (Å²) in [6.07, 6.45) is 4.40. The van der Waals surface area contributed by atoms with Crippen LogP contribution in [0.4, 0.5) is 0 Å². The minimum Gasteiger partial charge on any atom is -0.299 e. The van der Waals surface area contributed by atoms with E-state index in [1.54, 1.807) is 0 Å². The Hall–Kier alpha value is -2.42. The highest BCUT2D eigenvalue weighted by Crippen LogP contribution is 2.23. The SMILES string of the molecule is Clc1cccc(C2=CCN(CCc3ccc(-c4ccccc4)cc3)CC2)n1. The summed E-state index contributed by atoms with van der Waals surface area (Å²) in [5, 5.41) is 0.565. The van der Waals surface area contributed by atoms with Gasteiger partial charge in [0.2, 0.25) is 0 Å². The number of benzene rings is 2. The Morgan fingerprint density at radius 2 is 1.63 bits per heavy atom. The van der Waals surface area contributed by atoms with Crippen molar-refractivity contribution in [2.24, 2.45) is 0 Å². The van der Waals surface area contributed by atoms with Crippen molar-refractivity contribution in [1.29, 1.82) is 0 Å². The third-order valence-electron chi connectivity index (χ3n) is 5.12. The molecule has 2 nitrogen and oxygen atoms in total. The molecule has 27 heavy (non-hydrogen) atoms. The molecule has 2 heterocycles. The molecule has 1 aliphatic rings. The Labute approximate surface area is 166 Å². The summed E-state index contributed by atoms with van der Waals surface area (Å²) in [7, 11) is 0. The average Bonchev–Trinajstić information content (AvgIpc) is 2.74. The monoisotopic (exact) mass is 374 g/mol. The Morgan fingerprint density at radius 3 is 2.33 bits per heavy atom. The van der Waals surface area contributed by atoms with Crippen LogP contribution in [0.15, 0.2) is 78.9 Å². The second kappa shape index (κ2) is 8.51. The molecule has 0 N–H and O–H groups in total. The van der Waals surface area contributed by atoms with Crippen molar-refractivity contribution in [3.8, 4) is 11.1 Å². The van der Waals surface area contributed by atoms with Crippen LogP contribution in [0.1, 0.15) is 17.7 Å². The zero-order valence-corrected chi connectivity index (χ0v) is 16.1. The first-order valence-corrected chi connectivity index (χ1v) is 9.84. The zero-order chi connectivity index (χ0) is 18.5. The number of hydrogen-bond acceptors (Lipinski definition) is 2. The molecule has 0 bridgehead atoms. The van der Waals surface area contributed by atoms with E-state index in [9.17, 15) is 0 Å². The third-order valence-corrected chi connectivity index (χ3v) is 5.33. The summed E-state index contributed by atoms with van der Waals surface area (Å²) >= 11 is 6.01. The first-order chi connectivity index (χ1) is 13.3. The van der Waals surface area contributed by atoms with Gasteiger partial charge >= 0.3 is 0 Å². The molecule has 0 radical (unpaired) electrons. The molecule has 0 fully saturated rings. The minimum absolute atomic E-state index is 0.565. The van der Waals surface area contributed by atoms with Crippen molar-refractivity contribution in [2.45, 2.75) is 12.8 Å². The molecule has 1 aliphatic heterocycles. The van der Waals surface area contributed by atoms with Gasteiger partial charge in [0.05, 0.1) is 5.69 Å². The van der Waals surface area contributed by atoms with Crippen molar-refractivity contribution < 1.29 is 0 Å². The number of pyridine rings is 1. The van der Waals surface area contributed by atoms with Gasteiger partial charge in [-0.2, -0.15) is 0 Å². The highest BCUT2D eigenvalue weighted by atomic mass is 35.5. The van der Waals surface area contributed by atoms with E-state index in [2.05, 4.69) is 70.6 Å². The summed E-state index contributed by atoms with van der Waals surface area (Å²) in [4.78, 5) is 6.93. The average molecular weight is 375 g/mol. The Kier molecular flexibility index (Phi) is 5.66. The van der Waals surface area contributed by atoms with E-state index in [4.69, 9.17) is 11.6 Å². The predicted octanol–water partition coefficient (Wildman–Crippen LogP) is 5.73. The van der Waals surface area contributed by atoms with Crippen molar-refractivity contribution in [2.75, 3.05) is 19.6 Å². The summed E-state index contributed by atoms with van der Waals surface area (Å²) in [6.45, 7) is 3.13. The molecule has 0 saturated carbocycles. The van der Waals surface area contributed by atoms with E-state index < -0.39 is 0 Å². The molecule has 0 unspecified atom stereocenters. The molecule has 3 heteroatoms. The van der Waals surface area contributed by atoms with Gasteiger partial charge in [-0.15, -0.1) is 0 Å². The number of hydrogen-bond donors (Lipinski definition) is 0. The largest absolute Gasteiger partial charge is 0.299 e. The molecule has 136 valence electrons. The number of aromatic nitrogens is 1. The van der Waals surface area contributed by atoms with Crippen LogP contribution in [0.3, 0.4) is 0 Å². The lowest BCUT2D eigenvalue weighted by molar-refractivity contribution is 0.305. The molecule has 0 atom stereocenters. The molecule has 0 aliphatic carbocycles. The van der Waals surface area contributed by atoms with Gasteiger partial charge in [0, 0.05) is 19.6 Å². The lowest BCUT2D eigenvalue weighted by Gasteiger charge is -2.26. The molecular formula is C24H23ClN2. The lowest BCUT2D eigenvalue weighted by atomic mass is 10.0. The fourth-order valence-corrected chi connectivity index (χ4v) is 3.68. The maximum atomic E-state index is 6.01. The molecule has 0 amide bonds. The zero-order valence-electron chi connectivity index (χ0n) is 15.3. The first-order valence-electron chi connectivity index (χ1n) is 9.46. The van der Waals surface area contributed by atoms with E-state index in [1.165, 1.54) is 22.3 Å². The fourth-order valence-electron chi connectivity index (χ4n) is 3.52. The molecule has 2 aromatic carbocycles. The lowest BCUT2D eigenvalue weighted by Crippen LogP contribution is -2.30. The normalized spacial score (nSPS) is 14.8. The number of nitrogens with zero attached hydrogens (tertiary/aromatic N) is 2. The van der Waals surface area contributed by atoms with Crippen LogP contribution in [0.25, 0.3) is 16.7 Å². The second-order valence-electron chi connectivity index (χ2n) is 6.94. The van der Waals surface area contributed by atoms with E-state index in [0.717, 1.165) is 38.2 Å². The summed E-state index contributed by atoms with van der Waals surface area (Å²) in [5.74, 6) is 0. The van der Waals surface area contributed by atoms with Gasteiger partial charge in [-0.3, -0.25) is 4.90 Å². The third kappa shape index (κ3) is 4.65. The molecule has 4 rings (SSSR count). The maximum absolute atomic E-state index is 6.01. The van der Waals surface area contributed by atoms with E-state index in [1.807, 2.05) is 18.2 Å². The standard InChI is InChI=1S/C24H23ClN2/c25-24-8-4-7-23(26-24)22-14-17-27(18-15-22)16-13-19-9-11-21(12-10-19)20-5-2-1-3-6-20/h1-12,14H,13,15-18H2. The number of rotatable bonds is 5. The first kappa shape index (κ1) is 18.0. The Bertz CT molecular complexity index is 917. The van der Waals surface area contributed by atoms with Gasteiger partial charge in [-0.25, -0.2) is 4.98 Å². The Balaban J connectivity index is 1.32. The van der Waals surface area contributed by atoms with Crippen molar-refractivity contribution in [3.05, 3.63) is 95.3 Å². The predicted molar refractivity (Wildman–Crippen MR) is 114 cm³/mol. The van der Waals surface area contributed by atoms with Gasteiger partial charge in [0.15, 0.2) is 0 Å². The van der Waals surface area contributed by atoms with Gasteiger partial charge in [-0.1, -0.05) is 78.3 Å². The van der Waals surface area contributed by atoms with Gasteiger partial charge in [-0.05, 0) is 47.2 Å². The van der Waals surface area contributed by atoms with Gasteiger partial charge in [0.25, 0.3) is 0 Å². The van der Waals surface area contributed by atoms with E-state index in [0.29, 0.717) is 5.15 Å². The fraction of sp³-hybridized carbons (Fsp3) is 0.208. The van der Waals surface area contributed by atoms with Crippen molar-refractivity contribution in [1.82, 2.24) is 9.88 Å². The van der Waals surface area contributed by atoms with Crippen molar-refractivity contribution >= 4 is 17.2 Å². The van der Waals surface area contributed by atoms with Crippen LogP contribution < -0.4 is 0 Å². The highest BCUT2D eigenvalue weighted by molar-refractivity contribution is 6.29. The van der Waals surface area contributed by atoms with Crippen molar-refractivity contribution in [3.63, 3.8) is 0 Å². The molecule has 0 spiro atoms. The summed E-state index contributed by atoms with van der Waals surface area (Å²) < 4.78 is 0. The second-order valence-corrected chi connectivity index (χ2v) is 7.33. The quantitative estimate of drug-likeness (QED) is 0.530. The van der Waals surface area contributed by atoms with Crippen LogP contribution in [0.2, 0.25) is 5.15 Å². The van der Waals surface area contributed by atoms with E-state index in [-0.39, 0.29) is 0 Å². The van der Waals surface area contributed by atoms with Crippen LogP contribution in [-0.4, -0.2) is 29.5 Å². The number of halogens is 1. The van der Waals surface area contributed by atoms with Crippen LogP contribution in [0, 0.1) is 0 Å². The summed E-state index contributed by atoms with van der Waals surface area (Å²) in [5.41, 5.74) is 6.26. The maximum Gasteiger partial charge on any atom is 0.129 e. The topological polar surface area (TPSA) is 16.1 Å². The smallest absolute Gasteiger partial charge is 0.129 e. The molecular weight excluding hydrogens is 352 g/mol. The van der Waals surface area contributed by atoms with Gasteiger partial charge in [0.1, 0.15) is 5.15 Å². The van der Waals surface area contributed by atoms with Gasteiger partial charge < -0.3 is 0 Å². The molecule has 0 saturated heterocycles. The van der Waals surface area contributed by atoms with Crippen LogP contribution >= 0.6 is 11.6 Å². The van der Waals surface area contributed by atoms with Crippen LogP contribution in [0.5, 0.6) is 0 Å². The molecule has 1 aromatic heterocycles. The van der Waals surface area contributed by atoms with Crippen LogP contribution in [-0.2, 0) is 6.42 Å².